The van der Waals surface area contributed by atoms with Crippen molar-refractivity contribution >= 4 is 167 Å². The summed E-state index contributed by atoms with van der Waals surface area (Å²) >= 11 is 20.6. The number of rotatable bonds is 12. The summed E-state index contributed by atoms with van der Waals surface area (Å²) in [6, 6.07) is 57.6. The lowest BCUT2D eigenvalue weighted by Crippen LogP contribution is -2.49. The van der Waals surface area contributed by atoms with Crippen LogP contribution in [-0.4, -0.2) is 175 Å². The van der Waals surface area contributed by atoms with E-state index in [0.29, 0.717) is 63.2 Å². The van der Waals surface area contributed by atoms with Crippen molar-refractivity contribution in [2.75, 3.05) is 99.4 Å². The number of thioether (sulfide) groups is 4. The van der Waals surface area contributed by atoms with Crippen molar-refractivity contribution in [2.24, 2.45) is 49.4 Å². The highest BCUT2D eigenvalue weighted by molar-refractivity contribution is 9.11. The molecule has 0 spiro atoms. The molecule has 5 N–H and O–H groups in total. The number of ether oxygens (including phenoxy) is 4. The van der Waals surface area contributed by atoms with Gasteiger partial charge >= 0.3 is 12.2 Å². The molecule has 630 valence electrons. The van der Waals surface area contributed by atoms with Gasteiger partial charge < -0.3 is 50.4 Å². The van der Waals surface area contributed by atoms with Crippen LogP contribution in [0.25, 0.3) is 0 Å². The molecule has 121 heavy (non-hydrogen) atoms. The first-order valence-corrected chi connectivity index (χ1v) is 46.6. The molecule has 0 aliphatic carbocycles. The van der Waals surface area contributed by atoms with Crippen LogP contribution in [0.2, 0.25) is 0 Å². The number of nitrogens with zero attached hydrogens (tertiary/aromatic N) is 12. The molecule has 32 heteroatoms. The number of methoxy groups -OCH3 is 2. The number of carbonyl (C=O) groups excluding carboxylic acids is 4. The lowest BCUT2D eigenvalue weighted by atomic mass is 9.82. The fourth-order valence-corrected chi connectivity index (χ4v) is 22.3. The number of amides is 4. The Hall–Kier alpha value is -8.70. The van der Waals surface area contributed by atoms with Crippen LogP contribution in [0.5, 0.6) is 11.5 Å². The Morgan fingerprint density at radius 1 is 0.504 bits per heavy atom. The van der Waals surface area contributed by atoms with Gasteiger partial charge in [-0.2, -0.15) is 4.90 Å². The fraction of sp³-hybridized carbons (Fsp3) is 0.348. The van der Waals surface area contributed by atoms with Gasteiger partial charge in [0.1, 0.15) is 56.5 Å². The molecule has 0 bridgehead atoms. The van der Waals surface area contributed by atoms with Crippen LogP contribution in [0.4, 0.5) is 21.2 Å². The quantitative estimate of drug-likeness (QED) is 0.0884. The summed E-state index contributed by atoms with van der Waals surface area (Å²) in [5, 5.41) is 11.8. The van der Waals surface area contributed by atoms with Crippen LogP contribution >= 0.6 is 111 Å². The molecule has 8 aliphatic heterocycles. The summed E-state index contributed by atoms with van der Waals surface area (Å²) in [4.78, 5) is 97.5. The van der Waals surface area contributed by atoms with E-state index in [9.17, 15) is 19.2 Å². The van der Waals surface area contributed by atoms with Gasteiger partial charge in [-0.05, 0) is 143 Å². The van der Waals surface area contributed by atoms with E-state index in [1.165, 1.54) is 22.9 Å². The number of hydrogen-bond donors (Lipinski definition) is 4. The molecule has 8 aliphatic rings. The number of aromatic nitrogens is 4. The number of amidine groups is 4. The molecule has 10 heterocycles. The standard InChI is InChI=1S/C28H28BrN3O3S.C26H32BrN5O4S.C19H18BrN3OS.C16H16BrN5S/c1-34-24-12-11-20(25(14-24)35-2)15-32-16-22-17-36-27(30-26(33)19-7-4-3-5-8-19)31-28(22,18-32)21-9-6-10-23(29)13-21;1-24(2,3)35-22(33)32(23(34)36-25(4,5)6)21-30-26(17-8-7-9-19(27)12-17)16-31(14-18(26)15-37-21)20-13-28-10-11-29-20;20-16-8-4-7-14(9-16)19-12-21-10-15(19)11-25-18(23-19)22-17(24)13-5-2-1-3-6-13;17-13-3-1-2-11(6-13)16-10-22(14-7-19-4-5-20-14)8-12(16)9-23-15(18)21-16/h3-14,22H,15-18H2,1-2H3,(H,30,31,33);7-13,18H,14-16H2,1-6H3;1-9,15,21H,10-12H2,(H,22,23,24);1-7,12H,8-10H2,(H2,18,21)/t22-,28+;18-,26+;15-,19+;12-,16+/m0000/s1. The molecule has 4 amide bonds. The molecule has 7 aromatic carbocycles. The molecule has 9 aromatic rings. The lowest BCUT2D eigenvalue weighted by molar-refractivity contribution is 0.0150. The minimum absolute atomic E-state index is 0.0941. The maximum Gasteiger partial charge on any atom is 0.426 e. The number of fused-ring (bicyclic) bond motifs is 4. The largest absolute Gasteiger partial charge is 0.497 e. The molecule has 8 atom stereocenters. The van der Waals surface area contributed by atoms with E-state index in [0.717, 1.165) is 126 Å². The minimum atomic E-state index is -0.820. The molecule has 17 rings (SSSR count). The maximum absolute atomic E-state index is 13.3. The lowest BCUT2D eigenvalue weighted by Gasteiger charge is -2.38. The van der Waals surface area contributed by atoms with Crippen molar-refractivity contribution in [1.82, 2.24) is 45.7 Å². The van der Waals surface area contributed by atoms with Crippen molar-refractivity contribution in [3.05, 3.63) is 270 Å². The van der Waals surface area contributed by atoms with Gasteiger partial charge in [0.05, 0.1) is 26.6 Å². The van der Waals surface area contributed by atoms with Crippen molar-refractivity contribution in [3.8, 4) is 11.5 Å². The number of nitrogens with one attached hydrogen (secondary N) is 3. The fourth-order valence-electron chi connectivity index (χ4n) is 16.2. The van der Waals surface area contributed by atoms with E-state index in [4.69, 9.17) is 44.7 Å². The van der Waals surface area contributed by atoms with Gasteiger partial charge in [0.2, 0.25) is 0 Å². The van der Waals surface area contributed by atoms with Gasteiger partial charge in [-0.3, -0.25) is 24.5 Å². The van der Waals surface area contributed by atoms with E-state index in [-0.39, 0.29) is 34.0 Å². The third kappa shape index (κ3) is 20.9. The van der Waals surface area contributed by atoms with E-state index in [2.05, 4.69) is 169 Å². The smallest absolute Gasteiger partial charge is 0.426 e. The number of nitrogens with two attached hydrogens (primary N) is 1. The summed E-state index contributed by atoms with van der Waals surface area (Å²) in [5.74, 6) is 7.62. The van der Waals surface area contributed by atoms with Gasteiger partial charge in [0.25, 0.3) is 11.8 Å². The second-order valence-corrected chi connectivity index (χ2v) is 40.0. The van der Waals surface area contributed by atoms with Crippen molar-refractivity contribution in [3.63, 3.8) is 0 Å². The zero-order chi connectivity index (χ0) is 85.3. The van der Waals surface area contributed by atoms with Crippen molar-refractivity contribution in [2.45, 2.75) is 81.4 Å². The van der Waals surface area contributed by atoms with E-state index >= 15 is 0 Å². The molecule has 24 nitrogen and oxygen atoms in total. The third-order valence-electron chi connectivity index (χ3n) is 21.9. The average molecular weight is 1960 g/mol. The summed E-state index contributed by atoms with van der Waals surface area (Å²) < 4.78 is 26.3. The average Bonchev–Trinajstić information content (AvgIpc) is 1.62. The normalized spacial score (nSPS) is 23.3. The summed E-state index contributed by atoms with van der Waals surface area (Å²) in [7, 11) is 3.35. The number of carbonyl (C=O) groups is 4. The first-order chi connectivity index (χ1) is 58.1. The molecule has 4 fully saturated rings. The Balaban J connectivity index is 0.000000134. The van der Waals surface area contributed by atoms with Crippen LogP contribution < -0.4 is 41.0 Å². The zero-order valence-electron chi connectivity index (χ0n) is 68.1. The molecule has 4 saturated heterocycles. The number of likely N-dealkylation sites (tertiary alicyclic amines) is 1. The minimum Gasteiger partial charge on any atom is -0.497 e. The monoisotopic (exact) mass is 1960 g/mol. The van der Waals surface area contributed by atoms with Gasteiger partial charge in [-0.15, -0.1) is 0 Å². The van der Waals surface area contributed by atoms with Crippen LogP contribution in [0.3, 0.4) is 0 Å². The van der Waals surface area contributed by atoms with Crippen molar-refractivity contribution < 1.29 is 38.1 Å². The molecule has 0 saturated carbocycles. The Kier molecular flexibility index (Phi) is 28.3. The first kappa shape index (κ1) is 88.6. The van der Waals surface area contributed by atoms with E-state index in [1.54, 1.807) is 122 Å². The summed E-state index contributed by atoms with van der Waals surface area (Å²) in [5.41, 5.74) is 9.56. The number of hydrogen-bond acceptors (Lipinski definition) is 25. The third-order valence-corrected chi connectivity index (χ3v) is 28.0. The van der Waals surface area contributed by atoms with E-state index in [1.807, 2.05) is 128 Å². The second-order valence-electron chi connectivity index (χ2n) is 32.3. The van der Waals surface area contributed by atoms with Crippen LogP contribution in [-0.2, 0) is 38.2 Å². The number of halogens is 4. The predicted molar refractivity (Wildman–Crippen MR) is 499 cm³/mol. The Morgan fingerprint density at radius 3 is 1.41 bits per heavy atom. The van der Waals surface area contributed by atoms with E-state index < -0.39 is 34.5 Å². The number of aliphatic imine (C=N–C) groups is 4. The first-order valence-electron chi connectivity index (χ1n) is 39.5. The zero-order valence-corrected chi connectivity index (χ0v) is 77.7. The number of benzene rings is 7. The van der Waals surface area contributed by atoms with Crippen LogP contribution in [0.15, 0.2) is 251 Å². The maximum atomic E-state index is 13.3. The Morgan fingerprint density at radius 2 is 0.950 bits per heavy atom. The Bertz CT molecular complexity index is 5330. The molecule has 0 unspecified atom stereocenters. The van der Waals surface area contributed by atoms with Gasteiger partial charge in [0.15, 0.2) is 20.7 Å². The second kappa shape index (κ2) is 38.6. The highest BCUT2D eigenvalue weighted by atomic mass is 79.9. The highest BCUT2D eigenvalue weighted by Crippen LogP contribution is 2.51. The van der Waals surface area contributed by atoms with Crippen molar-refractivity contribution in [1.29, 1.82) is 0 Å². The van der Waals surface area contributed by atoms with Gasteiger partial charge in [0, 0.05) is 171 Å². The van der Waals surface area contributed by atoms with Crippen LogP contribution in [0.1, 0.15) is 90.1 Å². The Labute approximate surface area is 756 Å². The predicted octanol–water partition coefficient (Wildman–Crippen LogP) is 17.2. The molecular weight excluding hydrogens is 1870 g/mol. The molecule has 0 radical (unpaired) electrons. The molecular formula is C89H94Br4N16O8S4. The summed E-state index contributed by atoms with van der Waals surface area (Å²) in [6.07, 6.45) is 8.64. The SMILES string of the molecule is CC(C)(C)OC(=O)N(C(=O)OC(C)(C)C)C1=N[C@@]2(c3cccc(Br)c3)CN(c3cnccn3)C[C@H]2CS1.COc1ccc(CN2C[C@H]3CSC(NC(=O)c4ccccc4)=N[C@@]3(c3cccc(Br)c3)C2)c(OC)c1.NC1=N[C@@]2(c3cccc(Br)c3)CN(c3cnccn3)C[C@H]2CS1.O=C(NC1=N[C@@]2(c3cccc(Br)c3)CNC[C@H]2CS1)c1ccccc1. The summed E-state index contributed by atoms with van der Waals surface area (Å²) in [6.45, 7) is 17.5. The van der Waals surface area contributed by atoms with Crippen LogP contribution in [0, 0.1) is 23.7 Å². The topological polar surface area (TPSA) is 281 Å². The van der Waals surface area contributed by atoms with Gasteiger partial charge in [-0.1, -0.05) is 202 Å². The number of imide groups is 1. The molecule has 2 aromatic heterocycles. The highest BCUT2D eigenvalue weighted by Gasteiger charge is 2.55. The van der Waals surface area contributed by atoms with Gasteiger partial charge in [-0.25, -0.2) is 39.5 Å². The number of anilines is 2.